The Bertz CT molecular complexity index is 794. The normalized spacial score (nSPS) is 11.9. The lowest BCUT2D eigenvalue weighted by Crippen LogP contribution is -3.11. The molecule has 0 spiro atoms. The Morgan fingerprint density at radius 3 is 2.36 bits per heavy atom. The molecule has 1 aromatic heterocycles. The first-order valence-electron chi connectivity index (χ1n) is 7.24. The number of carbonyl (C=O) groups is 2. The molecule has 10 heteroatoms. The molecule has 0 saturated heterocycles. The lowest BCUT2D eigenvalue weighted by atomic mass is 10.2. The Labute approximate surface area is 140 Å². The molecule has 3 N–H and O–H groups in total. The molecule has 7 nitrogen and oxygen atoms in total. The minimum atomic E-state index is -1.67. The van der Waals surface area contributed by atoms with Crippen LogP contribution in [0.4, 0.5) is 24.7 Å². The minimum Gasteiger partial charge on any atom is -0.360 e. The Kier molecular flexibility index (Phi) is 5.75. The monoisotopic (exact) mass is 357 g/mol. The van der Waals surface area contributed by atoms with E-state index in [2.05, 4.69) is 15.8 Å². The van der Waals surface area contributed by atoms with E-state index in [4.69, 9.17) is 4.52 Å². The number of quaternary nitrogens is 1. The van der Waals surface area contributed by atoms with Gasteiger partial charge in [-0.3, -0.25) is 9.59 Å². The molecule has 25 heavy (non-hydrogen) atoms. The van der Waals surface area contributed by atoms with Crippen molar-refractivity contribution in [3.63, 3.8) is 0 Å². The van der Waals surface area contributed by atoms with Crippen LogP contribution in [0.1, 0.15) is 5.76 Å². The predicted molar refractivity (Wildman–Crippen MR) is 81.4 cm³/mol. The second kappa shape index (κ2) is 7.79. The maximum atomic E-state index is 13.5. The Morgan fingerprint density at radius 2 is 1.76 bits per heavy atom. The van der Waals surface area contributed by atoms with Gasteiger partial charge in [0.2, 0.25) is 0 Å². The number of anilines is 2. The van der Waals surface area contributed by atoms with Crippen molar-refractivity contribution in [3.05, 3.63) is 41.4 Å². The fraction of sp³-hybridized carbons (Fsp3) is 0.267. The van der Waals surface area contributed by atoms with Gasteiger partial charge in [0.05, 0.1) is 12.7 Å². The summed E-state index contributed by atoms with van der Waals surface area (Å²) in [5.74, 6) is -4.78. The highest BCUT2D eigenvalue weighted by atomic mass is 19.2. The maximum absolute atomic E-state index is 13.5. The molecule has 0 aliphatic heterocycles. The van der Waals surface area contributed by atoms with Crippen molar-refractivity contribution in [2.24, 2.45) is 0 Å². The van der Waals surface area contributed by atoms with Crippen LogP contribution in [0.2, 0.25) is 0 Å². The summed E-state index contributed by atoms with van der Waals surface area (Å²) in [4.78, 5) is 24.1. The molecule has 0 fully saturated rings. The Balaban J connectivity index is 1.85. The van der Waals surface area contributed by atoms with Crippen LogP contribution in [0.5, 0.6) is 0 Å². The zero-order valence-corrected chi connectivity index (χ0v) is 13.5. The van der Waals surface area contributed by atoms with Gasteiger partial charge in [0.15, 0.2) is 36.4 Å². The molecule has 0 bridgehead atoms. The molecule has 134 valence electrons. The van der Waals surface area contributed by atoms with Gasteiger partial charge in [0, 0.05) is 6.07 Å². The molecule has 1 heterocycles. The minimum absolute atomic E-state index is 0.0699. The van der Waals surface area contributed by atoms with Crippen LogP contribution < -0.4 is 15.5 Å². The summed E-state index contributed by atoms with van der Waals surface area (Å²) in [5.41, 5.74) is -0.473. The number of nitrogens with zero attached hydrogens (tertiary/aromatic N) is 1. The van der Waals surface area contributed by atoms with Crippen LogP contribution in [0.25, 0.3) is 0 Å². The van der Waals surface area contributed by atoms with Crippen LogP contribution in [-0.4, -0.2) is 37.1 Å². The van der Waals surface area contributed by atoms with Crippen molar-refractivity contribution < 1.29 is 32.2 Å². The number of amides is 2. The topological polar surface area (TPSA) is 88.7 Å². The highest BCUT2D eigenvalue weighted by Crippen LogP contribution is 2.19. The number of rotatable bonds is 6. The summed E-state index contributed by atoms with van der Waals surface area (Å²) in [6.07, 6.45) is 0. The number of halogens is 3. The predicted octanol–water partition coefficient (Wildman–Crippen LogP) is 0.492. The first-order chi connectivity index (χ1) is 11.8. The van der Waals surface area contributed by atoms with Gasteiger partial charge in [0.1, 0.15) is 5.76 Å². The average Bonchev–Trinajstić information content (AvgIpc) is 2.92. The van der Waals surface area contributed by atoms with Crippen molar-refractivity contribution in [1.82, 2.24) is 5.16 Å². The zero-order chi connectivity index (χ0) is 18.6. The van der Waals surface area contributed by atoms with Crippen LogP contribution in [0, 0.1) is 24.4 Å². The largest absolute Gasteiger partial charge is 0.360 e. The summed E-state index contributed by atoms with van der Waals surface area (Å²) in [5, 5.41) is 8.23. The number of hydrogen-bond donors (Lipinski definition) is 3. The summed E-state index contributed by atoms with van der Waals surface area (Å²) in [7, 11) is 1.56. The Morgan fingerprint density at radius 1 is 1.12 bits per heavy atom. The van der Waals surface area contributed by atoms with Gasteiger partial charge in [-0.15, -0.1) is 0 Å². The highest BCUT2D eigenvalue weighted by Gasteiger charge is 2.19. The highest BCUT2D eigenvalue weighted by molar-refractivity contribution is 5.92. The van der Waals surface area contributed by atoms with E-state index in [1.807, 2.05) is 0 Å². The molecule has 0 saturated carbocycles. The molecule has 0 aliphatic rings. The number of aryl methyl sites for hydroxylation is 1. The summed E-state index contributed by atoms with van der Waals surface area (Å²) >= 11 is 0. The molecular weight excluding hydrogens is 341 g/mol. The molecule has 1 atom stereocenters. The molecule has 2 amide bonds. The third kappa shape index (κ3) is 5.05. The standard InChI is InChI=1S/C15H15F3N4O3/c1-8-5-11(21-25-8)20-13(24)7-22(2)6-12(23)19-10-4-3-9(16)14(17)15(10)18/h3-5H,6-7H2,1-2H3,(H,19,23)(H,20,21,24)/p+1. The van der Waals surface area contributed by atoms with Crippen molar-refractivity contribution >= 4 is 23.3 Å². The van der Waals surface area contributed by atoms with E-state index in [0.717, 1.165) is 6.07 Å². The lowest BCUT2D eigenvalue weighted by molar-refractivity contribution is -0.862. The first-order valence-corrected chi connectivity index (χ1v) is 7.24. The van der Waals surface area contributed by atoms with Crippen LogP contribution in [0.3, 0.4) is 0 Å². The maximum Gasteiger partial charge on any atom is 0.280 e. The van der Waals surface area contributed by atoms with Gasteiger partial charge >= 0.3 is 0 Å². The fourth-order valence-corrected chi connectivity index (χ4v) is 2.04. The van der Waals surface area contributed by atoms with E-state index in [1.54, 1.807) is 14.0 Å². The van der Waals surface area contributed by atoms with Gasteiger partial charge in [-0.1, -0.05) is 5.16 Å². The van der Waals surface area contributed by atoms with E-state index in [0.29, 0.717) is 16.7 Å². The smallest absolute Gasteiger partial charge is 0.280 e. The SMILES string of the molecule is Cc1cc(NC(=O)C[NH+](C)CC(=O)Nc2ccc(F)c(F)c2F)no1. The van der Waals surface area contributed by atoms with E-state index in [-0.39, 0.29) is 18.9 Å². The summed E-state index contributed by atoms with van der Waals surface area (Å²) in [6.45, 7) is 1.41. The zero-order valence-electron chi connectivity index (χ0n) is 13.5. The molecule has 2 aromatic rings. The van der Waals surface area contributed by atoms with Crippen molar-refractivity contribution in [2.45, 2.75) is 6.92 Å². The number of aromatic nitrogens is 1. The summed E-state index contributed by atoms with van der Waals surface area (Å²) < 4.78 is 44.3. The third-order valence-corrected chi connectivity index (χ3v) is 3.13. The van der Waals surface area contributed by atoms with Crippen molar-refractivity contribution in [1.29, 1.82) is 0 Å². The number of carbonyl (C=O) groups excluding carboxylic acids is 2. The van der Waals surface area contributed by atoms with Crippen LogP contribution in [-0.2, 0) is 9.59 Å². The number of hydrogen-bond acceptors (Lipinski definition) is 4. The van der Waals surface area contributed by atoms with Gasteiger partial charge < -0.3 is 20.1 Å². The number of benzene rings is 1. The van der Waals surface area contributed by atoms with E-state index < -0.39 is 35.0 Å². The van der Waals surface area contributed by atoms with Gasteiger partial charge in [-0.05, 0) is 19.1 Å². The van der Waals surface area contributed by atoms with Crippen LogP contribution in [0.15, 0.2) is 22.7 Å². The molecule has 1 aromatic carbocycles. The average molecular weight is 357 g/mol. The molecule has 1 unspecified atom stereocenters. The Hall–Kier alpha value is -2.88. The summed E-state index contributed by atoms with van der Waals surface area (Å²) in [6, 6.07) is 3.16. The molecule has 0 radical (unpaired) electrons. The van der Waals surface area contributed by atoms with Gasteiger partial charge in [-0.2, -0.15) is 0 Å². The lowest BCUT2D eigenvalue weighted by Gasteiger charge is -2.13. The van der Waals surface area contributed by atoms with Crippen molar-refractivity contribution in [3.8, 4) is 0 Å². The molecular formula is C15H16F3N4O3+. The second-order valence-electron chi connectivity index (χ2n) is 5.45. The van der Waals surface area contributed by atoms with E-state index in [1.165, 1.54) is 6.07 Å². The quantitative estimate of drug-likeness (QED) is 0.657. The van der Waals surface area contributed by atoms with E-state index >= 15 is 0 Å². The van der Waals surface area contributed by atoms with Gasteiger partial charge in [0.25, 0.3) is 11.8 Å². The first kappa shape index (κ1) is 18.5. The number of nitrogens with one attached hydrogen (secondary N) is 3. The van der Waals surface area contributed by atoms with Crippen molar-refractivity contribution in [2.75, 3.05) is 30.8 Å². The molecule has 0 aliphatic carbocycles. The molecule has 2 rings (SSSR count). The second-order valence-corrected chi connectivity index (χ2v) is 5.45. The number of likely N-dealkylation sites (N-methyl/N-ethyl adjacent to an activating group) is 1. The van der Waals surface area contributed by atoms with Crippen LogP contribution >= 0.6 is 0 Å². The third-order valence-electron chi connectivity index (χ3n) is 3.13. The van der Waals surface area contributed by atoms with E-state index in [9.17, 15) is 22.8 Å². The fourth-order valence-electron chi connectivity index (χ4n) is 2.04. The van der Waals surface area contributed by atoms with Gasteiger partial charge in [-0.25, -0.2) is 13.2 Å².